The topological polar surface area (TPSA) is 131 Å². The number of aromatic nitrogens is 2. The number of benzene rings is 1. The zero-order valence-electron chi connectivity index (χ0n) is 18.5. The van der Waals surface area contributed by atoms with Crippen LogP contribution in [0.4, 0.5) is 0 Å². The molecule has 2 aromatic rings. The molecule has 0 fully saturated rings. The highest BCUT2D eigenvalue weighted by Gasteiger charge is 2.25. The number of esters is 1. The Morgan fingerprint density at radius 3 is 2.73 bits per heavy atom. The number of aliphatic hydroxyl groups excluding tert-OH is 2. The van der Waals surface area contributed by atoms with E-state index in [4.69, 9.17) is 9.47 Å². The third-order valence-electron chi connectivity index (χ3n) is 5.43. The van der Waals surface area contributed by atoms with E-state index in [0.29, 0.717) is 24.5 Å². The zero-order chi connectivity index (χ0) is 24.0. The summed E-state index contributed by atoms with van der Waals surface area (Å²) in [5.74, 6) is -1.68. The van der Waals surface area contributed by atoms with Crippen molar-refractivity contribution < 1.29 is 34.4 Å². The summed E-state index contributed by atoms with van der Waals surface area (Å²) in [6.45, 7) is 4.25. The molecule has 1 aliphatic heterocycles. The lowest BCUT2D eigenvalue weighted by atomic mass is 9.99. The first-order valence-corrected chi connectivity index (χ1v) is 10.7. The van der Waals surface area contributed by atoms with Crippen LogP contribution in [0.5, 0.6) is 11.5 Å². The molecule has 33 heavy (non-hydrogen) atoms. The van der Waals surface area contributed by atoms with E-state index in [1.165, 1.54) is 30.4 Å². The molecule has 176 valence electrons. The molecular formula is C24H28N2O7. The predicted octanol–water partition coefficient (Wildman–Crippen LogP) is 2.11. The van der Waals surface area contributed by atoms with E-state index in [0.717, 1.165) is 0 Å². The maximum absolute atomic E-state index is 12.9. The second kappa shape index (κ2) is 10.9. The molecule has 0 amide bonds. The number of imidazole rings is 1. The van der Waals surface area contributed by atoms with Crippen molar-refractivity contribution in [3.63, 3.8) is 0 Å². The van der Waals surface area contributed by atoms with E-state index >= 15 is 0 Å². The molecule has 0 bridgehead atoms. The Morgan fingerprint density at radius 2 is 2.00 bits per heavy atom. The largest absolute Gasteiger partial charge is 0.507 e. The molecule has 0 saturated carbocycles. The number of aromatic hydroxyl groups is 1. The summed E-state index contributed by atoms with van der Waals surface area (Å²) in [6, 6.07) is 2.92. The van der Waals surface area contributed by atoms with Crippen molar-refractivity contribution in [3.05, 3.63) is 60.2 Å². The molecule has 9 heteroatoms. The number of phenols is 1. The van der Waals surface area contributed by atoms with Crippen molar-refractivity contribution in [1.29, 1.82) is 0 Å². The number of ketones is 1. The highest BCUT2D eigenvalue weighted by Crippen LogP contribution is 2.31. The summed E-state index contributed by atoms with van der Waals surface area (Å²) in [5.41, 5.74) is 0.275. The van der Waals surface area contributed by atoms with Gasteiger partial charge < -0.3 is 29.4 Å². The minimum atomic E-state index is -1.58. The first kappa shape index (κ1) is 24.2. The highest BCUT2D eigenvalue weighted by molar-refractivity contribution is 5.97. The fourth-order valence-corrected chi connectivity index (χ4v) is 3.24. The molecule has 0 radical (unpaired) electrons. The first-order chi connectivity index (χ1) is 15.8. The third kappa shape index (κ3) is 6.30. The standard InChI is InChI=1S/C24H28N2O7/c1-15-6-7-20(28)23(30)19(27)5-3-4-17-12-18(32-11-10-26-9-8-25-14-26)13-21(29)22(17)24(31)33-16(15)2/h3-4,6-9,12-16,19,23,27,29-30H,5,10-11H2,1-2H3/b4-3+,7-6-/t15-,16+,19+,23?/m1/s1. The van der Waals surface area contributed by atoms with Gasteiger partial charge in [-0.3, -0.25) is 4.79 Å². The van der Waals surface area contributed by atoms with Crippen molar-refractivity contribution in [1.82, 2.24) is 9.55 Å². The van der Waals surface area contributed by atoms with Crippen molar-refractivity contribution in [3.8, 4) is 11.5 Å². The monoisotopic (exact) mass is 456 g/mol. The van der Waals surface area contributed by atoms with Gasteiger partial charge in [0.1, 0.15) is 35.9 Å². The molecule has 3 rings (SSSR count). The van der Waals surface area contributed by atoms with Gasteiger partial charge in [0, 0.05) is 24.4 Å². The number of hydrogen-bond acceptors (Lipinski definition) is 8. The minimum absolute atomic E-state index is 0.0422. The van der Waals surface area contributed by atoms with Crippen molar-refractivity contribution in [2.24, 2.45) is 5.92 Å². The van der Waals surface area contributed by atoms with Crippen LogP contribution in [0.2, 0.25) is 0 Å². The van der Waals surface area contributed by atoms with Crippen LogP contribution in [-0.4, -0.2) is 61.5 Å². The van der Waals surface area contributed by atoms with Crippen molar-refractivity contribution in [2.45, 2.75) is 45.1 Å². The van der Waals surface area contributed by atoms with Gasteiger partial charge in [-0.15, -0.1) is 0 Å². The Labute approximate surface area is 191 Å². The Bertz CT molecular complexity index is 1030. The number of carbonyl (C=O) groups is 2. The molecular weight excluding hydrogens is 428 g/mol. The SMILES string of the molecule is C[C@@H]1/C=C\C(=O)C(O)[C@@H](O)C/C=C/c2cc(OCCn3ccnc3)cc(O)c2C(=O)O[C@H]1C. The summed E-state index contributed by atoms with van der Waals surface area (Å²) in [7, 11) is 0. The Balaban J connectivity index is 1.89. The van der Waals surface area contributed by atoms with E-state index < -0.39 is 30.1 Å². The molecule has 1 aromatic heterocycles. The lowest BCUT2D eigenvalue weighted by molar-refractivity contribution is -0.127. The van der Waals surface area contributed by atoms with Crippen LogP contribution in [0.15, 0.2) is 49.1 Å². The number of fused-ring (bicyclic) bond motifs is 1. The van der Waals surface area contributed by atoms with E-state index in [1.807, 2.05) is 4.57 Å². The number of phenolic OH excluding ortho intramolecular Hbond substituents is 1. The number of ether oxygens (including phenoxy) is 2. The predicted molar refractivity (Wildman–Crippen MR) is 120 cm³/mol. The quantitative estimate of drug-likeness (QED) is 0.596. The van der Waals surface area contributed by atoms with Crippen LogP contribution >= 0.6 is 0 Å². The molecule has 1 unspecified atom stereocenters. The van der Waals surface area contributed by atoms with Gasteiger partial charge >= 0.3 is 5.97 Å². The van der Waals surface area contributed by atoms with Crippen LogP contribution in [-0.2, 0) is 16.1 Å². The van der Waals surface area contributed by atoms with Gasteiger partial charge in [0.05, 0.1) is 19.0 Å². The van der Waals surface area contributed by atoms with Gasteiger partial charge in [-0.05, 0) is 31.1 Å². The van der Waals surface area contributed by atoms with Crippen molar-refractivity contribution in [2.75, 3.05) is 6.61 Å². The molecule has 0 spiro atoms. The smallest absolute Gasteiger partial charge is 0.342 e. The van der Waals surface area contributed by atoms with Crippen LogP contribution < -0.4 is 4.74 Å². The summed E-state index contributed by atoms with van der Waals surface area (Å²) in [5, 5.41) is 30.8. The number of rotatable bonds is 4. The maximum Gasteiger partial charge on any atom is 0.342 e. The molecule has 9 nitrogen and oxygen atoms in total. The average molecular weight is 456 g/mol. The van der Waals surface area contributed by atoms with Crippen LogP contribution in [0.25, 0.3) is 6.08 Å². The minimum Gasteiger partial charge on any atom is -0.507 e. The number of cyclic esters (lactones) is 1. The van der Waals surface area contributed by atoms with E-state index in [2.05, 4.69) is 4.98 Å². The van der Waals surface area contributed by atoms with Gasteiger partial charge in [-0.2, -0.15) is 0 Å². The molecule has 3 N–H and O–H groups in total. The average Bonchev–Trinajstić information content (AvgIpc) is 3.29. The number of aliphatic hydroxyl groups is 2. The van der Waals surface area contributed by atoms with Crippen molar-refractivity contribution >= 4 is 17.8 Å². The Morgan fingerprint density at radius 1 is 1.21 bits per heavy atom. The molecule has 0 aliphatic carbocycles. The van der Waals surface area contributed by atoms with E-state index in [9.17, 15) is 24.9 Å². The second-order valence-electron chi connectivity index (χ2n) is 7.94. The number of nitrogens with zero attached hydrogens (tertiary/aromatic N) is 2. The van der Waals surface area contributed by atoms with Gasteiger partial charge in [0.25, 0.3) is 0 Å². The highest BCUT2D eigenvalue weighted by atomic mass is 16.5. The van der Waals surface area contributed by atoms with Gasteiger partial charge in [0.15, 0.2) is 5.78 Å². The second-order valence-corrected chi connectivity index (χ2v) is 7.94. The van der Waals surface area contributed by atoms with Crippen LogP contribution in [0.3, 0.4) is 0 Å². The molecule has 1 aromatic carbocycles. The normalized spacial score (nSPS) is 26.1. The summed E-state index contributed by atoms with van der Waals surface area (Å²) < 4.78 is 13.1. The lowest BCUT2D eigenvalue weighted by Crippen LogP contribution is -2.32. The van der Waals surface area contributed by atoms with Crippen LogP contribution in [0.1, 0.15) is 36.2 Å². The maximum atomic E-state index is 12.9. The van der Waals surface area contributed by atoms with E-state index in [1.54, 1.807) is 38.6 Å². The molecule has 0 saturated heterocycles. The third-order valence-corrected chi connectivity index (χ3v) is 5.43. The number of hydrogen-bond donors (Lipinski definition) is 3. The fraction of sp³-hybridized carbons (Fsp3) is 0.375. The molecule has 1 aliphatic rings. The Hall–Kier alpha value is -3.43. The molecule has 2 heterocycles. The zero-order valence-corrected chi connectivity index (χ0v) is 18.5. The summed E-state index contributed by atoms with van der Waals surface area (Å²) in [6.07, 6.45) is 7.24. The van der Waals surface area contributed by atoms with Gasteiger partial charge in [0.2, 0.25) is 0 Å². The Kier molecular flexibility index (Phi) is 8.02. The number of carbonyl (C=O) groups excluding carboxylic acids is 2. The molecule has 4 atom stereocenters. The summed E-state index contributed by atoms with van der Waals surface area (Å²) in [4.78, 5) is 28.9. The van der Waals surface area contributed by atoms with Gasteiger partial charge in [-0.1, -0.05) is 25.2 Å². The summed E-state index contributed by atoms with van der Waals surface area (Å²) >= 11 is 0. The van der Waals surface area contributed by atoms with Crippen LogP contribution in [0, 0.1) is 5.92 Å². The fourth-order valence-electron chi connectivity index (χ4n) is 3.24. The van der Waals surface area contributed by atoms with Gasteiger partial charge in [-0.25, -0.2) is 9.78 Å². The first-order valence-electron chi connectivity index (χ1n) is 10.7. The lowest BCUT2D eigenvalue weighted by Gasteiger charge is -2.20. The van der Waals surface area contributed by atoms with E-state index in [-0.39, 0.29) is 23.7 Å².